The van der Waals surface area contributed by atoms with Crippen LogP contribution >= 0.6 is 12.8 Å². The van der Waals surface area contributed by atoms with E-state index in [1.54, 1.807) is 0 Å². The van der Waals surface area contributed by atoms with Crippen molar-refractivity contribution in [3.05, 3.63) is 35.5 Å². The highest BCUT2D eigenvalue weighted by Crippen LogP contribution is 2.22. The molecule has 2 rings (SSSR count). The molecule has 0 radical (unpaired) electrons. The van der Waals surface area contributed by atoms with Crippen LogP contribution in [0.1, 0.15) is 11.1 Å². The lowest BCUT2D eigenvalue weighted by Crippen LogP contribution is -1.77. The summed E-state index contributed by atoms with van der Waals surface area (Å²) < 4.78 is 1.87. The molecule has 0 fully saturated rings. The Kier molecular flexibility index (Phi) is 1.65. The van der Waals surface area contributed by atoms with E-state index in [1.165, 1.54) is 22.0 Å². The minimum atomic E-state index is 1.19. The van der Waals surface area contributed by atoms with Crippen molar-refractivity contribution in [1.82, 2.24) is 3.97 Å². The van der Waals surface area contributed by atoms with Crippen LogP contribution in [0, 0.1) is 13.8 Å². The third kappa shape index (κ3) is 1.03. The van der Waals surface area contributed by atoms with E-state index in [4.69, 9.17) is 0 Å². The van der Waals surface area contributed by atoms with Crippen LogP contribution < -0.4 is 0 Å². The van der Waals surface area contributed by atoms with E-state index in [9.17, 15) is 0 Å². The van der Waals surface area contributed by atoms with Gasteiger partial charge in [0, 0.05) is 11.6 Å². The van der Waals surface area contributed by atoms with Gasteiger partial charge in [0.25, 0.3) is 0 Å². The highest BCUT2D eigenvalue weighted by atomic mass is 32.1. The maximum atomic E-state index is 4.34. The van der Waals surface area contributed by atoms with Gasteiger partial charge in [-0.1, -0.05) is 24.9 Å². The smallest absolute Gasteiger partial charge is 0.0594 e. The Morgan fingerprint density at radius 2 is 2.00 bits per heavy atom. The molecule has 1 aromatic carbocycles. The van der Waals surface area contributed by atoms with E-state index in [0.29, 0.717) is 0 Å². The Morgan fingerprint density at radius 1 is 1.25 bits per heavy atom. The maximum Gasteiger partial charge on any atom is 0.0594 e. The van der Waals surface area contributed by atoms with Gasteiger partial charge >= 0.3 is 0 Å². The molecular formula is C10H11NS. The molecule has 0 atom stereocenters. The number of thiol groups is 1. The van der Waals surface area contributed by atoms with Gasteiger partial charge in [-0.25, -0.2) is 0 Å². The fourth-order valence-corrected chi connectivity index (χ4v) is 1.83. The van der Waals surface area contributed by atoms with Gasteiger partial charge in [-0.3, -0.25) is 3.97 Å². The largest absolute Gasteiger partial charge is 0.294 e. The summed E-state index contributed by atoms with van der Waals surface area (Å²) in [5.41, 5.74) is 3.74. The Balaban J connectivity index is 2.90. The first-order valence-corrected chi connectivity index (χ1v) is 4.36. The number of aromatic nitrogens is 1. The lowest BCUT2D eigenvalue weighted by molar-refractivity contribution is 1.33. The van der Waals surface area contributed by atoms with Crippen molar-refractivity contribution >= 4 is 23.7 Å². The molecule has 2 heteroatoms. The molecule has 0 saturated carbocycles. The lowest BCUT2D eigenvalue weighted by atomic mass is 10.1. The van der Waals surface area contributed by atoms with Crippen molar-refractivity contribution in [2.24, 2.45) is 0 Å². The molecule has 0 unspecified atom stereocenters. The number of benzene rings is 1. The molecular weight excluding hydrogens is 166 g/mol. The first-order valence-electron chi connectivity index (χ1n) is 3.96. The summed E-state index contributed by atoms with van der Waals surface area (Å²) in [6.07, 6.45) is 2.03. The van der Waals surface area contributed by atoms with Crippen molar-refractivity contribution in [3.8, 4) is 0 Å². The maximum absolute atomic E-state index is 4.34. The second-order valence-corrected chi connectivity index (χ2v) is 3.61. The molecule has 0 N–H and O–H groups in total. The van der Waals surface area contributed by atoms with Crippen LogP contribution in [0.25, 0.3) is 10.9 Å². The number of hydrogen-bond acceptors (Lipinski definition) is 1. The van der Waals surface area contributed by atoms with E-state index >= 15 is 0 Å². The molecule has 0 spiro atoms. The van der Waals surface area contributed by atoms with Crippen LogP contribution in [-0.4, -0.2) is 3.97 Å². The van der Waals surface area contributed by atoms with Crippen molar-refractivity contribution in [2.75, 3.05) is 0 Å². The van der Waals surface area contributed by atoms with Crippen LogP contribution in [0.5, 0.6) is 0 Å². The molecule has 0 amide bonds. The number of hydrogen-bond donors (Lipinski definition) is 1. The summed E-state index contributed by atoms with van der Waals surface area (Å²) in [6, 6.07) is 6.42. The van der Waals surface area contributed by atoms with E-state index in [2.05, 4.69) is 44.9 Å². The Bertz CT molecular complexity index is 429. The Labute approximate surface area is 77.6 Å². The fourth-order valence-electron chi connectivity index (χ4n) is 1.49. The number of fused-ring (bicyclic) bond motifs is 1. The molecule has 1 aromatic heterocycles. The predicted octanol–water partition coefficient (Wildman–Crippen LogP) is 2.95. The van der Waals surface area contributed by atoms with E-state index in [-0.39, 0.29) is 0 Å². The third-order valence-corrected chi connectivity index (χ3v) is 2.47. The third-order valence-electron chi connectivity index (χ3n) is 2.14. The van der Waals surface area contributed by atoms with Gasteiger partial charge in [0.15, 0.2) is 0 Å². The topological polar surface area (TPSA) is 4.93 Å². The zero-order valence-electron chi connectivity index (χ0n) is 7.20. The normalized spacial score (nSPS) is 10.9. The lowest BCUT2D eigenvalue weighted by Gasteiger charge is -1.95. The van der Waals surface area contributed by atoms with Gasteiger partial charge < -0.3 is 0 Å². The van der Waals surface area contributed by atoms with Crippen LogP contribution in [-0.2, 0) is 0 Å². The summed E-state index contributed by atoms with van der Waals surface area (Å²) in [5, 5.41) is 1.29. The molecule has 1 nitrogen and oxygen atoms in total. The van der Waals surface area contributed by atoms with Gasteiger partial charge in [-0.15, -0.1) is 0 Å². The Morgan fingerprint density at radius 3 is 2.75 bits per heavy atom. The Hall–Kier alpha value is -0.890. The van der Waals surface area contributed by atoms with Crippen molar-refractivity contribution < 1.29 is 0 Å². The average molecular weight is 177 g/mol. The molecule has 0 bridgehead atoms. The minimum Gasteiger partial charge on any atom is -0.294 e. The quantitative estimate of drug-likeness (QED) is 0.590. The molecule has 0 saturated heterocycles. The summed E-state index contributed by atoms with van der Waals surface area (Å²) in [5.74, 6) is 0. The zero-order chi connectivity index (χ0) is 8.72. The molecule has 0 aliphatic carbocycles. The number of aryl methyl sites for hydroxylation is 2. The van der Waals surface area contributed by atoms with Crippen molar-refractivity contribution in [2.45, 2.75) is 13.8 Å². The van der Waals surface area contributed by atoms with Crippen LogP contribution in [0.15, 0.2) is 24.4 Å². The van der Waals surface area contributed by atoms with E-state index in [0.717, 1.165) is 0 Å². The molecule has 0 aliphatic rings. The van der Waals surface area contributed by atoms with Crippen molar-refractivity contribution in [1.29, 1.82) is 0 Å². The van der Waals surface area contributed by atoms with Gasteiger partial charge in [-0.05, 0) is 31.0 Å². The monoisotopic (exact) mass is 177 g/mol. The summed E-state index contributed by atoms with van der Waals surface area (Å²) in [6.45, 7) is 4.19. The van der Waals surface area contributed by atoms with Crippen LogP contribution in [0.2, 0.25) is 0 Å². The summed E-state index contributed by atoms with van der Waals surface area (Å²) >= 11 is 4.34. The average Bonchev–Trinajstić information content (AvgIpc) is 2.28. The highest BCUT2D eigenvalue weighted by Gasteiger charge is 2.01. The molecule has 1 heterocycles. The standard InChI is InChI=1S/C10H11NS/c1-7-3-4-9-8(2)6-11(12)10(9)5-7/h3-6,12H,1-2H3. The first-order chi connectivity index (χ1) is 5.68. The predicted molar refractivity (Wildman–Crippen MR) is 55.8 cm³/mol. The summed E-state index contributed by atoms with van der Waals surface area (Å²) in [7, 11) is 0. The fraction of sp³-hybridized carbons (Fsp3) is 0.200. The van der Waals surface area contributed by atoms with Gasteiger partial charge in [-0.2, -0.15) is 0 Å². The van der Waals surface area contributed by atoms with Crippen molar-refractivity contribution in [3.63, 3.8) is 0 Å². The zero-order valence-corrected chi connectivity index (χ0v) is 8.10. The van der Waals surface area contributed by atoms with E-state index < -0.39 is 0 Å². The van der Waals surface area contributed by atoms with Crippen LogP contribution in [0.3, 0.4) is 0 Å². The van der Waals surface area contributed by atoms with Gasteiger partial charge in [0.05, 0.1) is 5.52 Å². The molecule has 0 aliphatic heterocycles. The second-order valence-electron chi connectivity index (χ2n) is 3.18. The number of nitrogens with zero attached hydrogens (tertiary/aromatic N) is 1. The van der Waals surface area contributed by atoms with Crippen LogP contribution in [0.4, 0.5) is 0 Å². The van der Waals surface area contributed by atoms with Gasteiger partial charge in [0.2, 0.25) is 0 Å². The van der Waals surface area contributed by atoms with E-state index in [1.807, 2.05) is 10.2 Å². The molecule has 2 aromatic rings. The SMILES string of the molecule is Cc1ccc2c(C)cn(S)c2c1. The summed E-state index contributed by atoms with van der Waals surface area (Å²) in [4.78, 5) is 0. The van der Waals surface area contributed by atoms with Gasteiger partial charge in [0.1, 0.15) is 0 Å². The number of rotatable bonds is 0. The molecule has 62 valence electrons. The second kappa shape index (κ2) is 2.56. The highest BCUT2D eigenvalue weighted by molar-refractivity contribution is 7.78. The first kappa shape index (κ1) is 7.74. The molecule has 12 heavy (non-hydrogen) atoms. The minimum absolute atomic E-state index is 1.19.